The Bertz CT molecular complexity index is 362. The van der Waals surface area contributed by atoms with Crippen LogP contribution in [0.25, 0.3) is 0 Å². The van der Waals surface area contributed by atoms with Crippen LogP contribution in [-0.2, 0) is 14.3 Å². The molecule has 0 radical (unpaired) electrons. The van der Waals surface area contributed by atoms with Gasteiger partial charge in [0.2, 0.25) is 5.91 Å². The zero-order valence-electron chi connectivity index (χ0n) is 11.0. The third-order valence-corrected chi connectivity index (χ3v) is 4.50. The lowest BCUT2D eigenvalue weighted by Crippen LogP contribution is -2.52. The summed E-state index contributed by atoms with van der Waals surface area (Å²) in [5.41, 5.74) is -1.34. The minimum Gasteiger partial charge on any atom is -0.481 e. The van der Waals surface area contributed by atoms with Crippen LogP contribution in [0, 0.1) is 10.8 Å². The highest BCUT2D eigenvalue weighted by Gasteiger charge is 2.49. The monoisotopic (exact) mass is 255 g/mol. The molecule has 2 atom stereocenters. The zero-order chi connectivity index (χ0) is 13.4. The average Bonchev–Trinajstić information content (AvgIpc) is 2.88. The van der Waals surface area contributed by atoms with Gasteiger partial charge in [0.25, 0.3) is 0 Å². The first-order valence-corrected chi connectivity index (χ1v) is 6.51. The van der Waals surface area contributed by atoms with Crippen LogP contribution in [0.4, 0.5) is 0 Å². The first-order valence-electron chi connectivity index (χ1n) is 6.51. The molecule has 2 unspecified atom stereocenters. The van der Waals surface area contributed by atoms with Crippen molar-refractivity contribution in [1.29, 1.82) is 0 Å². The van der Waals surface area contributed by atoms with E-state index in [2.05, 4.69) is 5.32 Å². The Balaban J connectivity index is 2.05. The highest BCUT2D eigenvalue weighted by molar-refractivity contribution is 5.84. The summed E-state index contributed by atoms with van der Waals surface area (Å²) >= 11 is 0. The first-order chi connectivity index (χ1) is 8.38. The fourth-order valence-electron chi connectivity index (χ4n) is 2.80. The normalized spacial score (nSPS) is 34.4. The molecular weight excluding hydrogens is 234 g/mol. The molecule has 0 aromatic carbocycles. The Morgan fingerprint density at radius 2 is 1.89 bits per heavy atom. The molecule has 2 N–H and O–H groups in total. The molecule has 18 heavy (non-hydrogen) atoms. The van der Waals surface area contributed by atoms with E-state index in [1.807, 2.05) is 6.92 Å². The number of ether oxygens (including phenoxy) is 1. The van der Waals surface area contributed by atoms with Crippen molar-refractivity contribution in [3.05, 3.63) is 0 Å². The maximum atomic E-state index is 12.3. The molecule has 0 bridgehead atoms. The highest BCUT2D eigenvalue weighted by Crippen LogP contribution is 2.38. The standard InChI is InChI=1S/C13H21NO4/c1-12(5-3-4-6-12)10(15)14-9-7-18-8-13(9,2)11(16)17/h9H,3-8H2,1-2H3,(H,14,15)(H,16,17). The topological polar surface area (TPSA) is 75.6 Å². The second-order valence-corrected chi connectivity index (χ2v) is 6.03. The van der Waals surface area contributed by atoms with E-state index in [9.17, 15) is 14.7 Å². The van der Waals surface area contributed by atoms with Gasteiger partial charge in [-0.3, -0.25) is 9.59 Å². The van der Waals surface area contributed by atoms with E-state index in [-0.39, 0.29) is 24.5 Å². The number of rotatable bonds is 3. The number of carbonyl (C=O) groups is 2. The second kappa shape index (κ2) is 4.53. The number of amides is 1. The third-order valence-electron chi connectivity index (χ3n) is 4.50. The van der Waals surface area contributed by atoms with E-state index >= 15 is 0 Å². The van der Waals surface area contributed by atoms with Crippen molar-refractivity contribution in [3.63, 3.8) is 0 Å². The van der Waals surface area contributed by atoms with Crippen LogP contribution in [0.15, 0.2) is 0 Å². The van der Waals surface area contributed by atoms with Crippen molar-refractivity contribution in [2.75, 3.05) is 13.2 Å². The molecule has 2 fully saturated rings. The zero-order valence-corrected chi connectivity index (χ0v) is 11.0. The summed E-state index contributed by atoms with van der Waals surface area (Å²) in [6.45, 7) is 4.03. The van der Waals surface area contributed by atoms with Gasteiger partial charge in [-0.25, -0.2) is 0 Å². The number of hydrogen-bond acceptors (Lipinski definition) is 3. The van der Waals surface area contributed by atoms with Crippen molar-refractivity contribution in [1.82, 2.24) is 5.32 Å². The van der Waals surface area contributed by atoms with Crippen molar-refractivity contribution < 1.29 is 19.4 Å². The van der Waals surface area contributed by atoms with Crippen molar-refractivity contribution in [2.24, 2.45) is 10.8 Å². The molecular formula is C13H21NO4. The molecule has 1 aliphatic heterocycles. The van der Waals surface area contributed by atoms with Crippen molar-refractivity contribution >= 4 is 11.9 Å². The summed E-state index contributed by atoms with van der Waals surface area (Å²) in [6.07, 6.45) is 3.91. The number of carboxylic acid groups (broad SMARTS) is 1. The van der Waals surface area contributed by atoms with Gasteiger partial charge in [0, 0.05) is 5.41 Å². The predicted octanol–water partition coefficient (Wildman–Crippen LogP) is 1.17. The lowest BCUT2D eigenvalue weighted by molar-refractivity contribution is -0.149. The Hall–Kier alpha value is -1.10. The number of nitrogens with one attached hydrogen (secondary N) is 1. The maximum Gasteiger partial charge on any atom is 0.313 e. The third kappa shape index (κ3) is 2.11. The van der Waals surface area contributed by atoms with E-state index in [1.54, 1.807) is 6.92 Å². The lowest BCUT2D eigenvalue weighted by atomic mass is 9.83. The lowest BCUT2D eigenvalue weighted by Gasteiger charge is -2.30. The van der Waals surface area contributed by atoms with Crippen LogP contribution in [-0.4, -0.2) is 36.2 Å². The predicted molar refractivity (Wildman–Crippen MR) is 65.1 cm³/mol. The molecule has 5 heteroatoms. The van der Waals surface area contributed by atoms with Gasteiger partial charge in [0.15, 0.2) is 0 Å². The SMILES string of the molecule is CC1(C(=O)NC2COCC2(C)C(=O)O)CCCC1. The van der Waals surface area contributed by atoms with E-state index in [1.165, 1.54) is 0 Å². The van der Waals surface area contributed by atoms with Crippen LogP contribution in [0.1, 0.15) is 39.5 Å². The molecule has 1 amide bonds. The van der Waals surface area contributed by atoms with E-state index < -0.39 is 17.4 Å². The summed E-state index contributed by atoms with van der Waals surface area (Å²) in [4.78, 5) is 23.6. The summed E-state index contributed by atoms with van der Waals surface area (Å²) in [6, 6.07) is -0.431. The number of aliphatic carboxylic acids is 1. The Labute approximate surface area is 107 Å². The van der Waals surface area contributed by atoms with Crippen molar-refractivity contribution in [2.45, 2.75) is 45.6 Å². The molecule has 1 heterocycles. The molecule has 5 nitrogen and oxygen atoms in total. The van der Waals surface area contributed by atoms with E-state index in [0.717, 1.165) is 25.7 Å². The molecule has 102 valence electrons. The second-order valence-electron chi connectivity index (χ2n) is 6.03. The van der Waals surface area contributed by atoms with Crippen LogP contribution < -0.4 is 5.32 Å². The Morgan fingerprint density at radius 3 is 2.44 bits per heavy atom. The van der Waals surface area contributed by atoms with Gasteiger partial charge in [-0.2, -0.15) is 0 Å². The summed E-state index contributed by atoms with van der Waals surface area (Å²) < 4.78 is 5.23. The van der Waals surface area contributed by atoms with Crippen LogP contribution in [0.2, 0.25) is 0 Å². The van der Waals surface area contributed by atoms with Crippen LogP contribution in [0.5, 0.6) is 0 Å². The quantitative estimate of drug-likeness (QED) is 0.794. The average molecular weight is 255 g/mol. The first kappa shape index (κ1) is 13.3. The minimum absolute atomic E-state index is 0.0250. The molecule has 0 spiro atoms. The van der Waals surface area contributed by atoms with Gasteiger partial charge in [-0.05, 0) is 19.8 Å². The Morgan fingerprint density at radius 1 is 1.28 bits per heavy atom. The number of carboxylic acids is 1. The summed E-state index contributed by atoms with van der Waals surface area (Å²) in [7, 11) is 0. The van der Waals surface area contributed by atoms with Gasteiger partial charge in [0.05, 0.1) is 19.3 Å². The maximum absolute atomic E-state index is 12.3. The largest absolute Gasteiger partial charge is 0.481 e. The summed E-state index contributed by atoms with van der Waals surface area (Å²) in [5.74, 6) is -0.940. The molecule has 2 rings (SSSR count). The fraction of sp³-hybridized carbons (Fsp3) is 0.846. The highest BCUT2D eigenvalue weighted by atomic mass is 16.5. The van der Waals surface area contributed by atoms with Crippen LogP contribution >= 0.6 is 0 Å². The molecule has 0 aromatic rings. The van der Waals surface area contributed by atoms with Gasteiger partial charge in [0.1, 0.15) is 5.41 Å². The van der Waals surface area contributed by atoms with E-state index in [4.69, 9.17) is 4.74 Å². The number of hydrogen-bond donors (Lipinski definition) is 2. The van der Waals surface area contributed by atoms with Gasteiger partial charge in [-0.1, -0.05) is 19.8 Å². The number of carbonyl (C=O) groups excluding carboxylic acids is 1. The molecule has 1 aliphatic carbocycles. The smallest absolute Gasteiger partial charge is 0.313 e. The molecule has 1 saturated heterocycles. The minimum atomic E-state index is -1.01. The van der Waals surface area contributed by atoms with Crippen molar-refractivity contribution in [3.8, 4) is 0 Å². The molecule has 1 saturated carbocycles. The van der Waals surface area contributed by atoms with Gasteiger partial charge in [-0.15, -0.1) is 0 Å². The molecule has 0 aromatic heterocycles. The fourth-order valence-corrected chi connectivity index (χ4v) is 2.80. The van der Waals surface area contributed by atoms with Crippen LogP contribution in [0.3, 0.4) is 0 Å². The van der Waals surface area contributed by atoms with Gasteiger partial charge < -0.3 is 15.2 Å². The summed E-state index contributed by atoms with van der Waals surface area (Å²) in [5, 5.41) is 12.1. The van der Waals surface area contributed by atoms with Gasteiger partial charge >= 0.3 is 5.97 Å². The Kier molecular flexibility index (Phi) is 3.36. The molecule has 2 aliphatic rings. The van der Waals surface area contributed by atoms with E-state index in [0.29, 0.717) is 0 Å².